The second-order valence-electron chi connectivity index (χ2n) is 8.63. The highest BCUT2D eigenvalue weighted by Gasteiger charge is 2.28. The molecule has 32 heavy (non-hydrogen) atoms. The second kappa shape index (κ2) is 11.0. The molecule has 2 aromatic rings. The van der Waals surface area contributed by atoms with Crippen molar-refractivity contribution >= 4 is 12.3 Å². The van der Waals surface area contributed by atoms with Crippen molar-refractivity contribution in [1.29, 1.82) is 0 Å². The summed E-state index contributed by atoms with van der Waals surface area (Å²) in [6.07, 6.45) is 0.862. The van der Waals surface area contributed by atoms with E-state index in [1.54, 1.807) is 19.1 Å². The molecule has 0 heterocycles. The number of methoxy groups -OCH3 is 1. The molecule has 0 saturated heterocycles. The highest BCUT2D eigenvalue weighted by molar-refractivity contribution is 5.95. The van der Waals surface area contributed by atoms with E-state index < -0.39 is 5.97 Å². The van der Waals surface area contributed by atoms with Crippen LogP contribution in [-0.2, 0) is 4.74 Å². The number of hydrogen-bond acceptors (Lipinski definition) is 6. The molecule has 0 aliphatic heterocycles. The molecule has 0 radical (unpaired) electrons. The molecule has 2 N–H and O–H groups in total. The van der Waals surface area contributed by atoms with Crippen molar-refractivity contribution in [1.82, 2.24) is 0 Å². The number of phenolic OH excluding ortho intramolecular Hbond substituents is 1. The van der Waals surface area contributed by atoms with E-state index in [1.807, 2.05) is 13.8 Å². The SMILES string of the molecule is COc1c([C@H](CC(C)C)OCC(C)C)ccc(Oc2c(O)cc(C)cc2C=O)c1C(=O)O. The Balaban J connectivity index is 2.61. The lowest BCUT2D eigenvalue weighted by Crippen LogP contribution is -2.15. The zero-order chi connectivity index (χ0) is 24.0. The largest absolute Gasteiger partial charge is 0.504 e. The number of aromatic carboxylic acids is 1. The summed E-state index contributed by atoms with van der Waals surface area (Å²) in [6.45, 7) is 10.5. The Labute approximate surface area is 188 Å². The van der Waals surface area contributed by atoms with Gasteiger partial charge in [-0.3, -0.25) is 4.79 Å². The minimum Gasteiger partial charge on any atom is -0.504 e. The zero-order valence-electron chi connectivity index (χ0n) is 19.5. The maximum atomic E-state index is 12.2. The van der Waals surface area contributed by atoms with Crippen LogP contribution in [0.1, 0.15) is 72.1 Å². The lowest BCUT2D eigenvalue weighted by molar-refractivity contribution is 0.0206. The number of carbonyl (C=O) groups is 2. The van der Waals surface area contributed by atoms with E-state index >= 15 is 0 Å². The molecule has 0 unspecified atom stereocenters. The van der Waals surface area contributed by atoms with E-state index in [-0.39, 0.29) is 40.2 Å². The molecule has 0 amide bonds. The van der Waals surface area contributed by atoms with Gasteiger partial charge in [0.15, 0.2) is 17.8 Å². The minimum absolute atomic E-state index is 0.0486. The number of benzene rings is 2. The van der Waals surface area contributed by atoms with E-state index in [9.17, 15) is 19.8 Å². The Morgan fingerprint density at radius 2 is 1.78 bits per heavy atom. The number of carboxylic acid groups (broad SMARTS) is 1. The molecule has 2 rings (SSSR count). The predicted octanol–water partition coefficient (Wildman–Crippen LogP) is 5.77. The van der Waals surface area contributed by atoms with Gasteiger partial charge in [-0.15, -0.1) is 0 Å². The molecule has 0 aromatic heterocycles. The maximum Gasteiger partial charge on any atom is 0.343 e. The van der Waals surface area contributed by atoms with E-state index in [4.69, 9.17) is 14.2 Å². The lowest BCUT2D eigenvalue weighted by atomic mass is 9.96. The minimum atomic E-state index is -1.26. The Morgan fingerprint density at radius 3 is 2.31 bits per heavy atom. The fraction of sp³-hybridized carbons (Fsp3) is 0.440. The molecule has 0 aliphatic carbocycles. The molecule has 0 bridgehead atoms. The number of carboxylic acids is 1. The Kier molecular flexibility index (Phi) is 8.66. The molecule has 0 spiro atoms. The summed E-state index contributed by atoms with van der Waals surface area (Å²) in [5.41, 5.74) is 1.18. The van der Waals surface area contributed by atoms with E-state index in [2.05, 4.69) is 13.8 Å². The first-order chi connectivity index (χ1) is 15.1. The summed E-state index contributed by atoms with van der Waals surface area (Å²) in [7, 11) is 1.39. The summed E-state index contributed by atoms with van der Waals surface area (Å²) in [5, 5.41) is 20.3. The fourth-order valence-corrected chi connectivity index (χ4v) is 3.45. The van der Waals surface area contributed by atoms with Gasteiger partial charge in [0.05, 0.1) is 18.8 Å². The van der Waals surface area contributed by atoms with Gasteiger partial charge in [0.25, 0.3) is 0 Å². The molecule has 0 aliphatic rings. The molecular weight excluding hydrogens is 412 g/mol. The molecule has 7 heteroatoms. The maximum absolute atomic E-state index is 12.2. The number of ether oxygens (including phenoxy) is 3. The van der Waals surface area contributed by atoms with Crippen molar-refractivity contribution in [2.75, 3.05) is 13.7 Å². The molecule has 0 saturated carbocycles. The van der Waals surface area contributed by atoms with Crippen molar-refractivity contribution in [3.8, 4) is 23.0 Å². The van der Waals surface area contributed by atoms with Gasteiger partial charge >= 0.3 is 5.97 Å². The van der Waals surface area contributed by atoms with Gasteiger partial charge in [0.2, 0.25) is 0 Å². The third-order valence-electron chi connectivity index (χ3n) is 4.81. The average molecular weight is 445 g/mol. The topological polar surface area (TPSA) is 102 Å². The molecular formula is C25H32O7. The van der Waals surface area contributed by atoms with Crippen LogP contribution in [0, 0.1) is 18.8 Å². The van der Waals surface area contributed by atoms with Gasteiger partial charge in [-0.05, 0) is 55.0 Å². The van der Waals surface area contributed by atoms with Crippen molar-refractivity contribution < 1.29 is 34.0 Å². The van der Waals surface area contributed by atoms with Crippen LogP contribution in [0.2, 0.25) is 0 Å². The highest BCUT2D eigenvalue weighted by atomic mass is 16.5. The second-order valence-corrected chi connectivity index (χ2v) is 8.63. The number of rotatable bonds is 11. The van der Waals surface area contributed by atoms with Crippen molar-refractivity contribution in [3.63, 3.8) is 0 Å². The number of carbonyl (C=O) groups excluding carboxylic acids is 1. The van der Waals surface area contributed by atoms with Crippen LogP contribution in [0.4, 0.5) is 0 Å². The van der Waals surface area contributed by atoms with Gasteiger partial charge in [-0.2, -0.15) is 0 Å². The lowest BCUT2D eigenvalue weighted by Gasteiger charge is -2.25. The number of aldehydes is 1. The smallest absolute Gasteiger partial charge is 0.343 e. The van der Waals surface area contributed by atoms with Crippen LogP contribution < -0.4 is 9.47 Å². The summed E-state index contributed by atoms with van der Waals surface area (Å²) in [6, 6.07) is 6.19. The Hall–Kier alpha value is -3.06. The quantitative estimate of drug-likeness (QED) is 0.424. The van der Waals surface area contributed by atoms with Gasteiger partial charge in [-0.25, -0.2) is 4.79 Å². The van der Waals surface area contributed by atoms with Gasteiger partial charge in [-0.1, -0.05) is 27.7 Å². The highest BCUT2D eigenvalue weighted by Crippen LogP contribution is 2.42. The number of hydrogen-bond donors (Lipinski definition) is 2. The molecule has 7 nitrogen and oxygen atoms in total. The zero-order valence-corrected chi connectivity index (χ0v) is 19.5. The molecule has 2 aromatic carbocycles. The summed E-state index contributed by atoms with van der Waals surface area (Å²) >= 11 is 0. The van der Waals surface area contributed by atoms with Crippen molar-refractivity contribution in [3.05, 3.63) is 46.5 Å². The van der Waals surface area contributed by atoms with E-state index in [1.165, 1.54) is 19.2 Å². The van der Waals surface area contributed by atoms with Crippen molar-refractivity contribution in [2.45, 2.75) is 47.1 Å². The van der Waals surface area contributed by atoms with Crippen molar-refractivity contribution in [2.24, 2.45) is 11.8 Å². The first-order valence-electron chi connectivity index (χ1n) is 10.6. The normalized spacial score (nSPS) is 12.1. The summed E-state index contributed by atoms with van der Waals surface area (Å²) < 4.78 is 17.4. The molecule has 1 atom stereocenters. The average Bonchev–Trinajstić information content (AvgIpc) is 2.71. The van der Waals surface area contributed by atoms with Gasteiger partial charge < -0.3 is 24.4 Å². The predicted molar refractivity (Wildman–Crippen MR) is 121 cm³/mol. The van der Waals surface area contributed by atoms with Gasteiger partial charge in [0.1, 0.15) is 17.1 Å². The Morgan fingerprint density at radius 1 is 1.09 bits per heavy atom. The Bertz CT molecular complexity index is 963. The van der Waals surface area contributed by atoms with Crippen LogP contribution >= 0.6 is 0 Å². The first-order valence-corrected chi connectivity index (χ1v) is 10.6. The van der Waals surface area contributed by atoms with Crippen LogP contribution in [-0.4, -0.2) is 36.2 Å². The fourth-order valence-electron chi connectivity index (χ4n) is 3.45. The number of aryl methyl sites for hydroxylation is 1. The molecule has 174 valence electrons. The third-order valence-corrected chi connectivity index (χ3v) is 4.81. The van der Waals surface area contributed by atoms with Crippen LogP contribution in [0.5, 0.6) is 23.0 Å². The van der Waals surface area contributed by atoms with Crippen LogP contribution in [0.25, 0.3) is 0 Å². The van der Waals surface area contributed by atoms with Crippen LogP contribution in [0.3, 0.4) is 0 Å². The van der Waals surface area contributed by atoms with E-state index in [0.717, 1.165) is 0 Å². The van der Waals surface area contributed by atoms with Gasteiger partial charge in [0, 0.05) is 12.2 Å². The number of phenols is 1. The number of aromatic hydroxyl groups is 1. The van der Waals surface area contributed by atoms with E-state index in [0.29, 0.717) is 42.3 Å². The molecule has 0 fully saturated rings. The summed E-state index contributed by atoms with van der Waals surface area (Å²) in [5.74, 6) is -0.937. The monoisotopic (exact) mass is 444 g/mol. The standard InChI is InChI=1S/C25H32O7/c1-14(2)9-21(31-13-15(3)4)18-7-8-20(22(25(28)29)24(18)30-6)32-23-17(12-26)10-16(5)11-19(23)27/h7-8,10-12,14-15,21,27H,9,13H2,1-6H3,(H,28,29)/t21-/m0/s1. The first kappa shape index (κ1) is 25.2. The summed E-state index contributed by atoms with van der Waals surface area (Å²) in [4.78, 5) is 23.7. The van der Waals surface area contributed by atoms with Crippen LogP contribution in [0.15, 0.2) is 24.3 Å². The third kappa shape index (κ3) is 6.01.